The van der Waals surface area contributed by atoms with Gasteiger partial charge in [0.15, 0.2) is 0 Å². The molecule has 0 aliphatic heterocycles. The van der Waals surface area contributed by atoms with Crippen molar-refractivity contribution >= 4 is 16.3 Å². The molecule has 0 aromatic rings. The van der Waals surface area contributed by atoms with E-state index >= 15 is 0 Å². The van der Waals surface area contributed by atoms with E-state index < -0.39 is 10.4 Å². The summed E-state index contributed by atoms with van der Waals surface area (Å²) in [6.07, 6.45) is 23.2. The molecule has 1 amide bonds. The van der Waals surface area contributed by atoms with Gasteiger partial charge in [0, 0.05) is 18.5 Å². The Labute approximate surface area is 223 Å². The van der Waals surface area contributed by atoms with Crippen LogP contribution in [0.2, 0.25) is 0 Å². The van der Waals surface area contributed by atoms with E-state index in [4.69, 9.17) is 23.3 Å². The van der Waals surface area contributed by atoms with Gasteiger partial charge in [0.25, 0.3) is 0 Å². The van der Waals surface area contributed by atoms with E-state index in [1.54, 1.807) is 0 Å². The molecule has 0 aliphatic carbocycles. The molecule has 0 rings (SSSR count). The zero-order valence-corrected chi connectivity index (χ0v) is 25.0. The lowest BCUT2D eigenvalue weighted by Gasteiger charge is -2.29. The van der Waals surface area contributed by atoms with Gasteiger partial charge in [0.2, 0.25) is 5.91 Å². The van der Waals surface area contributed by atoms with Crippen molar-refractivity contribution in [2.24, 2.45) is 5.73 Å². The molecule has 2 atom stereocenters. The number of carbonyl (C=O) groups is 1. The lowest BCUT2D eigenvalue weighted by Crippen LogP contribution is -2.47. The summed E-state index contributed by atoms with van der Waals surface area (Å²) in [5.74, 6) is 0.221. The van der Waals surface area contributed by atoms with Crippen molar-refractivity contribution in [3.63, 3.8) is 0 Å². The van der Waals surface area contributed by atoms with Gasteiger partial charge in [0.1, 0.15) is 0 Å². The third-order valence-corrected chi connectivity index (χ3v) is 5.85. The van der Waals surface area contributed by atoms with E-state index in [0.717, 1.165) is 19.4 Å². The smallest absolute Gasteiger partial charge is 0.352 e. The Bertz CT molecular complexity index is 590. The minimum atomic E-state index is -4.67. The molecule has 8 nitrogen and oxygen atoms in total. The fourth-order valence-corrected chi connectivity index (χ4v) is 3.56. The summed E-state index contributed by atoms with van der Waals surface area (Å²) >= 11 is 0. The molecule has 9 heteroatoms. The Hall–Kier alpha value is -1.00. The standard InChI is InChI=1S/C25H50N2O.C2H7N.H2O4S/c1-6-8-9-10-11-12-13-14-15-16-17-18-19-20-21-22-25(28)26-24(7-2)23(3)27(4)5;1-2-3;1-5(2,3)4/h14-15,23-24H,6-13,16-22H2,1-5H3,(H,26,28);2-3H2,1H3;(H2,1,2,3,4)/b15-14-;;. The summed E-state index contributed by atoms with van der Waals surface area (Å²) in [7, 11) is -0.521. The summed E-state index contributed by atoms with van der Waals surface area (Å²) in [5, 5.41) is 3.21. The molecule has 36 heavy (non-hydrogen) atoms. The summed E-state index contributed by atoms with van der Waals surface area (Å²) < 4.78 is 31.6. The fourth-order valence-electron chi connectivity index (χ4n) is 3.56. The van der Waals surface area contributed by atoms with Gasteiger partial charge in [-0.1, -0.05) is 84.3 Å². The average molecular weight is 538 g/mol. The lowest BCUT2D eigenvalue weighted by atomic mass is 10.1. The molecule has 0 saturated heterocycles. The SMILES string of the molecule is CCCCCCCC/C=C\CCCCCCCC(=O)NC(CC)C(C)N(C)C.CCN.O=S(=O)(O)O. The highest BCUT2D eigenvalue weighted by Gasteiger charge is 2.18. The van der Waals surface area contributed by atoms with Crippen LogP contribution in [0.3, 0.4) is 0 Å². The van der Waals surface area contributed by atoms with E-state index in [1.807, 2.05) is 6.92 Å². The normalized spacial score (nSPS) is 12.9. The molecule has 0 aromatic heterocycles. The van der Waals surface area contributed by atoms with Crippen LogP contribution in [0.1, 0.15) is 124 Å². The number of carbonyl (C=O) groups excluding carboxylic acids is 1. The quantitative estimate of drug-likeness (QED) is 0.0878. The maximum absolute atomic E-state index is 12.1. The number of hydrogen-bond donors (Lipinski definition) is 4. The van der Waals surface area contributed by atoms with Crippen LogP contribution in [0.4, 0.5) is 0 Å². The van der Waals surface area contributed by atoms with Crippen LogP contribution >= 0.6 is 0 Å². The Balaban J connectivity index is -0.00000118. The molecule has 0 fully saturated rings. The highest BCUT2D eigenvalue weighted by atomic mass is 32.3. The van der Waals surface area contributed by atoms with Gasteiger partial charge in [0.05, 0.1) is 0 Å². The molecular formula is C27H59N3O5S. The molecule has 0 radical (unpaired) electrons. The monoisotopic (exact) mass is 537 g/mol. The van der Waals surface area contributed by atoms with E-state index in [1.165, 1.54) is 77.0 Å². The van der Waals surface area contributed by atoms with Crippen LogP contribution in [-0.4, -0.2) is 61.1 Å². The summed E-state index contributed by atoms with van der Waals surface area (Å²) in [6.45, 7) is 9.25. The molecule has 0 saturated carbocycles. The van der Waals surface area contributed by atoms with Crippen LogP contribution in [-0.2, 0) is 15.2 Å². The average Bonchev–Trinajstić information content (AvgIpc) is 2.79. The number of rotatable bonds is 19. The Kier molecular flexibility index (Phi) is 31.4. The Morgan fingerprint density at radius 2 is 1.25 bits per heavy atom. The first-order chi connectivity index (χ1) is 16.9. The number of unbranched alkanes of at least 4 members (excludes halogenated alkanes) is 11. The molecular weight excluding hydrogens is 478 g/mol. The third kappa shape index (κ3) is 37.5. The number of nitrogens with two attached hydrogens (primary N) is 1. The van der Waals surface area contributed by atoms with E-state index in [9.17, 15) is 4.79 Å². The first kappa shape index (κ1) is 39.5. The second-order valence-corrected chi connectivity index (χ2v) is 10.4. The number of hydrogen-bond acceptors (Lipinski definition) is 5. The van der Waals surface area contributed by atoms with Crippen molar-refractivity contribution < 1.29 is 22.3 Å². The number of nitrogens with one attached hydrogen (secondary N) is 1. The Morgan fingerprint density at radius 1 is 0.861 bits per heavy atom. The van der Waals surface area contributed by atoms with Crippen molar-refractivity contribution in [2.75, 3.05) is 20.6 Å². The number of allylic oxidation sites excluding steroid dienone is 2. The van der Waals surface area contributed by atoms with Gasteiger partial charge < -0.3 is 16.0 Å². The van der Waals surface area contributed by atoms with E-state index in [-0.39, 0.29) is 11.9 Å². The van der Waals surface area contributed by atoms with Crippen molar-refractivity contribution in [3.05, 3.63) is 12.2 Å². The van der Waals surface area contributed by atoms with Crippen LogP contribution in [0, 0.1) is 0 Å². The highest BCUT2D eigenvalue weighted by molar-refractivity contribution is 7.79. The summed E-state index contributed by atoms with van der Waals surface area (Å²) in [6, 6.07) is 0.633. The molecule has 2 unspecified atom stereocenters. The molecule has 5 N–H and O–H groups in total. The molecule has 0 bridgehead atoms. The maximum atomic E-state index is 12.1. The lowest BCUT2D eigenvalue weighted by molar-refractivity contribution is -0.122. The number of amides is 1. The third-order valence-electron chi connectivity index (χ3n) is 5.85. The van der Waals surface area contributed by atoms with Gasteiger partial charge in [-0.15, -0.1) is 0 Å². The minimum absolute atomic E-state index is 0.221. The second kappa shape index (κ2) is 28.6. The number of likely N-dealkylation sites (N-methyl/N-ethyl adjacent to an activating group) is 1. The van der Waals surface area contributed by atoms with Gasteiger partial charge in [-0.05, 0) is 66.1 Å². The van der Waals surface area contributed by atoms with Crippen LogP contribution in [0.25, 0.3) is 0 Å². The van der Waals surface area contributed by atoms with Gasteiger partial charge >= 0.3 is 10.4 Å². The van der Waals surface area contributed by atoms with E-state index in [2.05, 4.69) is 57.2 Å². The highest BCUT2D eigenvalue weighted by Crippen LogP contribution is 2.10. The first-order valence-corrected chi connectivity index (χ1v) is 15.3. The van der Waals surface area contributed by atoms with Crippen molar-refractivity contribution in [2.45, 2.75) is 136 Å². The molecule has 0 spiro atoms. The maximum Gasteiger partial charge on any atom is 0.394 e. The predicted octanol–water partition coefficient (Wildman–Crippen LogP) is 6.18. The van der Waals surface area contributed by atoms with Crippen molar-refractivity contribution in [1.29, 1.82) is 0 Å². The van der Waals surface area contributed by atoms with Crippen molar-refractivity contribution in [3.8, 4) is 0 Å². The van der Waals surface area contributed by atoms with Gasteiger partial charge in [-0.2, -0.15) is 8.42 Å². The van der Waals surface area contributed by atoms with Crippen LogP contribution in [0.5, 0.6) is 0 Å². The van der Waals surface area contributed by atoms with Crippen molar-refractivity contribution in [1.82, 2.24) is 10.2 Å². The zero-order chi connectivity index (χ0) is 28.2. The predicted molar refractivity (Wildman–Crippen MR) is 154 cm³/mol. The summed E-state index contributed by atoms with van der Waals surface area (Å²) in [5.41, 5.74) is 4.85. The molecule has 0 heterocycles. The molecule has 0 aromatic carbocycles. The minimum Gasteiger partial charge on any atom is -0.352 e. The van der Waals surface area contributed by atoms with Gasteiger partial charge in [-0.3, -0.25) is 13.9 Å². The van der Waals surface area contributed by atoms with Crippen LogP contribution in [0.15, 0.2) is 12.2 Å². The number of nitrogens with zero attached hydrogens (tertiary/aromatic N) is 1. The summed E-state index contributed by atoms with van der Waals surface area (Å²) in [4.78, 5) is 14.3. The van der Waals surface area contributed by atoms with E-state index in [0.29, 0.717) is 12.5 Å². The van der Waals surface area contributed by atoms with Crippen LogP contribution < -0.4 is 11.1 Å². The zero-order valence-electron chi connectivity index (χ0n) is 24.2. The van der Waals surface area contributed by atoms with Gasteiger partial charge in [-0.25, -0.2) is 0 Å². The Morgan fingerprint density at radius 3 is 1.64 bits per heavy atom. The molecule has 218 valence electrons. The first-order valence-electron chi connectivity index (χ1n) is 13.9. The second-order valence-electron chi connectivity index (χ2n) is 9.48. The molecule has 0 aliphatic rings. The fraction of sp³-hybridized carbons (Fsp3) is 0.889. The topological polar surface area (TPSA) is 133 Å². The largest absolute Gasteiger partial charge is 0.394 e.